The van der Waals surface area contributed by atoms with Crippen molar-refractivity contribution in [3.8, 4) is 17.2 Å². The minimum atomic E-state index is -0.284. The molecule has 1 aromatic heterocycles. The summed E-state index contributed by atoms with van der Waals surface area (Å²) in [5.74, 6) is 1.26. The van der Waals surface area contributed by atoms with Crippen molar-refractivity contribution in [2.45, 2.75) is 26.2 Å². The number of oxazole rings is 1. The predicted molar refractivity (Wildman–Crippen MR) is 124 cm³/mol. The highest BCUT2D eigenvalue weighted by Gasteiger charge is 2.14. The van der Waals surface area contributed by atoms with Crippen LogP contribution in [0.1, 0.15) is 42.1 Å². The van der Waals surface area contributed by atoms with Crippen LogP contribution in [0, 0.1) is 0 Å². The lowest BCUT2D eigenvalue weighted by Gasteiger charge is -2.09. The van der Waals surface area contributed by atoms with Crippen molar-refractivity contribution in [2.75, 3.05) is 12.4 Å². The van der Waals surface area contributed by atoms with Crippen molar-refractivity contribution in [2.24, 2.45) is 0 Å². The van der Waals surface area contributed by atoms with E-state index in [1.165, 1.54) is 5.56 Å². The van der Waals surface area contributed by atoms with Crippen LogP contribution in [0.4, 0.5) is 5.69 Å². The van der Waals surface area contributed by atoms with Crippen LogP contribution in [0.2, 0.25) is 5.02 Å². The lowest BCUT2D eigenvalue weighted by molar-refractivity contribution is 0.102. The number of ether oxygens (including phenoxy) is 1. The van der Waals surface area contributed by atoms with Crippen molar-refractivity contribution in [3.63, 3.8) is 0 Å². The van der Waals surface area contributed by atoms with Gasteiger partial charge in [0.2, 0.25) is 5.89 Å². The number of hydrogen-bond acceptors (Lipinski definition) is 4. The Morgan fingerprint density at radius 1 is 1.16 bits per heavy atom. The molecular formula is C25H23ClN2O3. The van der Waals surface area contributed by atoms with E-state index in [1.54, 1.807) is 43.5 Å². The van der Waals surface area contributed by atoms with Crippen LogP contribution in [0.3, 0.4) is 0 Å². The number of aromatic nitrogens is 1. The highest BCUT2D eigenvalue weighted by atomic mass is 35.5. The summed E-state index contributed by atoms with van der Waals surface area (Å²) in [5.41, 5.74) is 4.45. The molecule has 1 amide bonds. The maximum atomic E-state index is 12.7. The number of rotatable bonds is 6. The van der Waals surface area contributed by atoms with E-state index in [0.29, 0.717) is 33.8 Å². The molecule has 0 aliphatic heterocycles. The number of halogens is 1. The number of carbonyl (C=O) groups excluding carboxylic acids is 1. The standard InChI is InChI=1S/C25H23ClN2O3/c1-4-15(2)16-9-11-23-22(13-16)28-25(31-23)18-8-10-20(26)21(14-18)27-24(29)17-6-5-7-19(12-17)30-3/h5-15H,4H2,1-3H3,(H,27,29). The van der Waals surface area contributed by atoms with Gasteiger partial charge in [0.25, 0.3) is 5.91 Å². The molecule has 31 heavy (non-hydrogen) atoms. The first-order valence-electron chi connectivity index (χ1n) is 10.1. The maximum Gasteiger partial charge on any atom is 0.255 e. The molecule has 1 atom stereocenters. The second-order valence-electron chi connectivity index (χ2n) is 7.44. The largest absolute Gasteiger partial charge is 0.497 e. The number of nitrogens with zero attached hydrogens (tertiary/aromatic N) is 1. The van der Waals surface area contributed by atoms with Gasteiger partial charge in [0, 0.05) is 11.1 Å². The zero-order chi connectivity index (χ0) is 22.0. The van der Waals surface area contributed by atoms with Gasteiger partial charge in [0.05, 0.1) is 17.8 Å². The summed E-state index contributed by atoms with van der Waals surface area (Å²) >= 11 is 6.33. The smallest absolute Gasteiger partial charge is 0.255 e. The summed E-state index contributed by atoms with van der Waals surface area (Å²) in [5, 5.41) is 3.28. The van der Waals surface area contributed by atoms with Gasteiger partial charge in [0.1, 0.15) is 11.3 Å². The highest BCUT2D eigenvalue weighted by molar-refractivity contribution is 6.34. The van der Waals surface area contributed by atoms with Crippen LogP contribution in [0.5, 0.6) is 5.75 Å². The van der Waals surface area contributed by atoms with Crippen LogP contribution in [-0.4, -0.2) is 18.0 Å². The first-order chi connectivity index (χ1) is 15.0. The van der Waals surface area contributed by atoms with Crippen LogP contribution >= 0.6 is 11.6 Å². The monoisotopic (exact) mass is 434 g/mol. The number of nitrogens with one attached hydrogen (secondary N) is 1. The molecule has 1 unspecified atom stereocenters. The Bertz CT molecular complexity index is 1250. The van der Waals surface area contributed by atoms with Gasteiger partial charge in [-0.1, -0.05) is 37.6 Å². The van der Waals surface area contributed by atoms with Gasteiger partial charge in [-0.05, 0) is 66.4 Å². The van der Waals surface area contributed by atoms with Crippen LogP contribution < -0.4 is 10.1 Å². The number of amides is 1. The lowest BCUT2D eigenvalue weighted by Crippen LogP contribution is -2.12. The first-order valence-corrected chi connectivity index (χ1v) is 10.5. The van der Waals surface area contributed by atoms with Crippen molar-refractivity contribution < 1.29 is 13.9 Å². The Labute approximate surface area is 186 Å². The van der Waals surface area contributed by atoms with Crippen molar-refractivity contribution >= 4 is 34.3 Å². The molecule has 4 rings (SSSR count). The number of methoxy groups -OCH3 is 1. The summed E-state index contributed by atoms with van der Waals surface area (Å²) in [7, 11) is 1.56. The molecule has 0 bridgehead atoms. The molecular weight excluding hydrogens is 412 g/mol. The molecule has 1 N–H and O–H groups in total. The summed E-state index contributed by atoms with van der Waals surface area (Å²) in [6, 6.07) is 18.3. The first kappa shape index (κ1) is 20.9. The Hall–Kier alpha value is -3.31. The third-order valence-electron chi connectivity index (χ3n) is 5.39. The minimum Gasteiger partial charge on any atom is -0.497 e. The fourth-order valence-corrected chi connectivity index (χ4v) is 3.49. The van der Waals surface area contributed by atoms with Crippen molar-refractivity contribution in [1.29, 1.82) is 0 Å². The molecule has 1 heterocycles. The summed E-state index contributed by atoms with van der Waals surface area (Å²) in [4.78, 5) is 17.3. The Balaban J connectivity index is 1.63. The van der Waals surface area contributed by atoms with E-state index in [1.807, 2.05) is 12.1 Å². The molecule has 3 aromatic carbocycles. The second-order valence-corrected chi connectivity index (χ2v) is 7.84. The molecule has 0 fully saturated rings. The molecule has 0 aliphatic rings. The highest BCUT2D eigenvalue weighted by Crippen LogP contribution is 2.32. The second kappa shape index (κ2) is 8.82. The molecule has 4 aromatic rings. The fraction of sp³-hybridized carbons (Fsp3) is 0.200. The Kier molecular flexibility index (Phi) is 5.96. The summed E-state index contributed by atoms with van der Waals surface area (Å²) in [6.45, 7) is 4.36. The zero-order valence-electron chi connectivity index (χ0n) is 17.6. The third-order valence-corrected chi connectivity index (χ3v) is 5.72. The van der Waals surface area contributed by atoms with E-state index in [-0.39, 0.29) is 5.91 Å². The van der Waals surface area contributed by atoms with E-state index in [2.05, 4.69) is 36.3 Å². The van der Waals surface area contributed by atoms with Gasteiger partial charge in [-0.25, -0.2) is 4.98 Å². The quantitative estimate of drug-likeness (QED) is 0.357. The zero-order valence-corrected chi connectivity index (χ0v) is 18.4. The Morgan fingerprint density at radius 2 is 2.00 bits per heavy atom. The van der Waals surface area contributed by atoms with Gasteiger partial charge < -0.3 is 14.5 Å². The average Bonchev–Trinajstić information content (AvgIpc) is 3.23. The van der Waals surface area contributed by atoms with E-state index in [4.69, 9.17) is 20.8 Å². The normalized spacial score (nSPS) is 12.0. The molecule has 0 spiro atoms. The molecule has 158 valence electrons. The summed E-state index contributed by atoms with van der Waals surface area (Å²) < 4.78 is 11.1. The number of carbonyl (C=O) groups is 1. The molecule has 5 nitrogen and oxygen atoms in total. The van der Waals surface area contributed by atoms with Gasteiger partial charge in [0.15, 0.2) is 5.58 Å². The molecule has 0 saturated carbocycles. The van der Waals surface area contributed by atoms with Crippen molar-refractivity contribution in [1.82, 2.24) is 4.98 Å². The van der Waals surface area contributed by atoms with E-state index in [9.17, 15) is 4.79 Å². The Morgan fingerprint density at radius 3 is 2.77 bits per heavy atom. The fourth-order valence-electron chi connectivity index (χ4n) is 3.32. The molecule has 0 aliphatic carbocycles. The number of anilines is 1. The summed E-state index contributed by atoms with van der Waals surface area (Å²) in [6.07, 6.45) is 1.06. The van der Waals surface area contributed by atoms with Crippen LogP contribution in [0.15, 0.2) is 65.1 Å². The van der Waals surface area contributed by atoms with E-state index < -0.39 is 0 Å². The number of hydrogen-bond donors (Lipinski definition) is 1. The molecule has 0 radical (unpaired) electrons. The topological polar surface area (TPSA) is 64.4 Å². The van der Waals surface area contributed by atoms with Gasteiger partial charge in [-0.3, -0.25) is 4.79 Å². The van der Waals surface area contributed by atoms with E-state index >= 15 is 0 Å². The van der Waals surface area contributed by atoms with Gasteiger partial charge in [-0.2, -0.15) is 0 Å². The SMILES string of the molecule is CCC(C)c1ccc2oc(-c3ccc(Cl)c(NC(=O)c4cccc(OC)c4)c3)nc2c1. The lowest BCUT2D eigenvalue weighted by atomic mass is 9.98. The van der Waals surface area contributed by atoms with Crippen molar-refractivity contribution in [3.05, 3.63) is 76.8 Å². The minimum absolute atomic E-state index is 0.284. The third kappa shape index (κ3) is 4.42. The van der Waals surface area contributed by atoms with Crippen LogP contribution in [0.25, 0.3) is 22.6 Å². The number of benzene rings is 3. The number of fused-ring (bicyclic) bond motifs is 1. The van der Waals surface area contributed by atoms with Gasteiger partial charge >= 0.3 is 0 Å². The molecule has 6 heteroatoms. The van der Waals surface area contributed by atoms with Crippen LogP contribution in [-0.2, 0) is 0 Å². The molecule has 0 saturated heterocycles. The maximum absolute atomic E-state index is 12.7. The predicted octanol–water partition coefficient (Wildman–Crippen LogP) is 6.92. The van der Waals surface area contributed by atoms with Gasteiger partial charge in [-0.15, -0.1) is 0 Å². The average molecular weight is 435 g/mol. The van der Waals surface area contributed by atoms with E-state index in [0.717, 1.165) is 23.1 Å².